The minimum absolute atomic E-state index is 0.246. The quantitative estimate of drug-likeness (QED) is 0.449. The first-order chi connectivity index (χ1) is 15.3. The molecule has 4 aliphatic heterocycles. The summed E-state index contributed by atoms with van der Waals surface area (Å²) in [4.78, 5) is 29.0. The highest BCUT2D eigenvalue weighted by molar-refractivity contribution is 5.75. The molecular formula is C26H44N2O4. The third kappa shape index (κ3) is 4.59. The Labute approximate surface area is 193 Å². The minimum Gasteiger partial charge on any atom is -0.481 e. The number of unbranched alkanes of at least 4 members (excludes halogenated alkanes) is 4. The fourth-order valence-electron chi connectivity index (χ4n) is 8.09. The molecule has 2 N–H and O–H groups in total. The van der Waals surface area contributed by atoms with Crippen molar-refractivity contribution in [3.8, 4) is 0 Å². The number of hydrogen-bond acceptors (Lipinski definition) is 4. The lowest BCUT2D eigenvalue weighted by molar-refractivity contribution is -0.164. The van der Waals surface area contributed by atoms with Gasteiger partial charge in [-0.15, -0.1) is 0 Å². The van der Waals surface area contributed by atoms with Gasteiger partial charge >= 0.3 is 11.9 Å². The van der Waals surface area contributed by atoms with Crippen LogP contribution in [0.2, 0.25) is 0 Å². The molecule has 0 saturated carbocycles. The molecule has 0 aromatic rings. The van der Waals surface area contributed by atoms with Crippen molar-refractivity contribution < 1.29 is 19.8 Å². The number of carbonyl (C=O) groups is 2. The van der Waals surface area contributed by atoms with E-state index in [2.05, 4.69) is 23.9 Å². The predicted octanol–water partition coefficient (Wildman–Crippen LogP) is 4.62. The number of aliphatic carboxylic acids is 2. The van der Waals surface area contributed by atoms with Crippen LogP contribution in [0.4, 0.5) is 0 Å². The summed E-state index contributed by atoms with van der Waals surface area (Å²) in [5, 5.41) is 19.7. The maximum Gasteiger partial charge on any atom is 0.310 e. The normalized spacial score (nSPS) is 36.8. The third-order valence-electron chi connectivity index (χ3n) is 10.0. The number of fused-ring (bicyclic) bond motifs is 4. The number of carboxylic acid groups (broad SMARTS) is 2. The van der Waals surface area contributed by atoms with Crippen molar-refractivity contribution in [1.82, 2.24) is 9.80 Å². The molecule has 0 radical (unpaired) electrons. The van der Waals surface area contributed by atoms with Crippen LogP contribution in [0.5, 0.6) is 0 Å². The van der Waals surface area contributed by atoms with Gasteiger partial charge in [0.15, 0.2) is 0 Å². The molecular weight excluding hydrogens is 404 g/mol. The van der Waals surface area contributed by atoms with Crippen LogP contribution in [-0.4, -0.2) is 70.2 Å². The SMILES string of the molecule is CN1C2CCC1CC(C(CCCCCCCC(=O)O)(C(=O)O)C1CC3CCC(C1)N3C)C2. The monoisotopic (exact) mass is 448 g/mol. The van der Waals surface area contributed by atoms with Gasteiger partial charge in [0.05, 0.1) is 5.41 Å². The molecule has 182 valence electrons. The van der Waals surface area contributed by atoms with Gasteiger partial charge in [0, 0.05) is 30.6 Å². The van der Waals surface area contributed by atoms with E-state index in [1.54, 1.807) is 0 Å². The predicted molar refractivity (Wildman–Crippen MR) is 125 cm³/mol. The zero-order chi connectivity index (χ0) is 22.9. The van der Waals surface area contributed by atoms with E-state index in [-0.39, 0.29) is 6.42 Å². The minimum atomic E-state index is -0.719. The molecule has 4 aliphatic rings. The van der Waals surface area contributed by atoms with Gasteiger partial charge in [0.1, 0.15) is 0 Å². The van der Waals surface area contributed by atoms with Crippen LogP contribution in [-0.2, 0) is 9.59 Å². The largest absolute Gasteiger partial charge is 0.481 e. The van der Waals surface area contributed by atoms with Gasteiger partial charge in [0.25, 0.3) is 0 Å². The van der Waals surface area contributed by atoms with Crippen molar-refractivity contribution in [1.29, 1.82) is 0 Å². The molecule has 4 atom stereocenters. The lowest BCUT2D eigenvalue weighted by atomic mass is 9.57. The Morgan fingerprint density at radius 2 is 1.12 bits per heavy atom. The van der Waals surface area contributed by atoms with E-state index in [4.69, 9.17) is 5.11 Å². The molecule has 0 aromatic carbocycles. The molecule has 32 heavy (non-hydrogen) atoms. The van der Waals surface area contributed by atoms with Gasteiger partial charge in [-0.2, -0.15) is 0 Å². The van der Waals surface area contributed by atoms with Crippen LogP contribution >= 0.6 is 0 Å². The zero-order valence-electron chi connectivity index (χ0n) is 20.2. The van der Waals surface area contributed by atoms with Gasteiger partial charge in [-0.25, -0.2) is 0 Å². The Kier molecular flexibility index (Phi) is 7.50. The molecule has 4 unspecified atom stereocenters. The summed E-state index contributed by atoms with van der Waals surface area (Å²) in [7, 11) is 4.49. The van der Waals surface area contributed by atoms with Gasteiger partial charge in [0.2, 0.25) is 0 Å². The molecule has 0 spiro atoms. The van der Waals surface area contributed by atoms with E-state index in [0.717, 1.165) is 64.2 Å². The van der Waals surface area contributed by atoms with E-state index in [1.165, 1.54) is 25.7 Å². The fraction of sp³-hybridized carbons (Fsp3) is 0.923. The standard InChI is InChI=1S/C26H44N2O4/c1-27-20-9-10-21(27)15-18(14-20)26(25(31)32,13-7-5-3-4-6-8-24(29)30)19-16-22-11-12-23(17-19)28(22)2/h18-23H,3-17H2,1-2H3,(H,29,30)(H,31,32). The van der Waals surface area contributed by atoms with Crippen molar-refractivity contribution in [2.75, 3.05) is 14.1 Å². The van der Waals surface area contributed by atoms with Crippen LogP contribution in [0.1, 0.15) is 96.3 Å². The van der Waals surface area contributed by atoms with Crippen LogP contribution in [0, 0.1) is 17.3 Å². The van der Waals surface area contributed by atoms with Gasteiger partial charge < -0.3 is 20.0 Å². The maximum atomic E-state index is 13.2. The van der Waals surface area contributed by atoms with E-state index in [0.29, 0.717) is 36.0 Å². The topological polar surface area (TPSA) is 81.1 Å². The molecule has 0 aliphatic carbocycles. The first-order valence-electron chi connectivity index (χ1n) is 13.2. The van der Waals surface area contributed by atoms with Crippen molar-refractivity contribution in [2.24, 2.45) is 17.3 Å². The van der Waals surface area contributed by atoms with Gasteiger partial charge in [-0.1, -0.05) is 25.7 Å². The summed E-state index contributed by atoms with van der Waals surface area (Å²) in [6, 6.07) is 2.26. The number of hydrogen-bond donors (Lipinski definition) is 2. The first-order valence-corrected chi connectivity index (χ1v) is 13.2. The number of carboxylic acids is 2. The van der Waals surface area contributed by atoms with Crippen molar-refractivity contribution in [2.45, 2.75) is 120 Å². The second-order valence-corrected chi connectivity index (χ2v) is 11.4. The van der Waals surface area contributed by atoms with Crippen LogP contribution in [0.15, 0.2) is 0 Å². The number of nitrogens with zero attached hydrogens (tertiary/aromatic N) is 2. The third-order valence-corrected chi connectivity index (χ3v) is 10.0. The second-order valence-electron chi connectivity index (χ2n) is 11.4. The highest BCUT2D eigenvalue weighted by atomic mass is 16.4. The Bertz CT molecular complexity index is 621. The molecule has 4 fully saturated rings. The highest BCUT2D eigenvalue weighted by Gasteiger charge is 2.57. The molecule has 4 heterocycles. The van der Waals surface area contributed by atoms with E-state index < -0.39 is 17.4 Å². The molecule has 6 nitrogen and oxygen atoms in total. The van der Waals surface area contributed by atoms with Crippen LogP contribution in [0.25, 0.3) is 0 Å². The average molecular weight is 449 g/mol. The first kappa shape index (κ1) is 24.0. The Hall–Kier alpha value is -1.14. The molecule has 0 amide bonds. The highest BCUT2D eigenvalue weighted by Crippen LogP contribution is 2.56. The van der Waals surface area contributed by atoms with Crippen molar-refractivity contribution >= 4 is 11.9 Å². The Balaban J connectivity index is 1.47. The van der Waals surface area contributed by atoms with Crippen LogP contribution < -0.4 is 0 Å². The van der Waals surface area contributed by atoms with Gasteiger partial charge in [-0.3, -0.25) is 9.59 Å². The summed E-state index contributed by atoms with van der Waals surface area (Å²) >= 11 is 0. The molecule has 4 bridgehead atoms. The van der Waals surface area contributed by atoms with Crippen molar-refractivity contribution in [3.63, 3.8) is 0 Å². The van der Waals surface area contributed by atoms with E-state index in [1.807, 2.05) is 0 Å². The van der Waals surface area contributed by atoms with E-state index >= 15 is 0 Å². The maximum absolute atomic E-state index is 13.2. The van der Waals surface area contributed by atoms with Gasteiger partial charge in [-0.05, 0) is 90.1 Å². The molecule has 6 heteroatoms. The summed E-state index contributed by atoms with van der Waals surface area (Å²) < 4.78 is 0. The molecule has 4 saturated heterocycles. The van der Waals surface area contributed by atoms with E-state index in [9.17, 15) is 14.7 Å². The van der Waals surface area contributed by atoms with Crippen molar-refractivity contribution in [3.05, 3.63) is 0 Å². The Morgan fingerprint density at radius 1 is 0.719 bits per heavy atom. The average Bonchev–Trinajstić information content (AvgIpc) is 3.08. The summed E-state index contributed by atoms with van der Waals surface area (Å²) in [5.74, 6) is -0.642. The fourth-order valence-corrected chi connectivity index (χ4v) is 8.09. The second kappa shape index (κ2) is 10.0. The summed E-state index contributed by atoms with van der Waals surface area (Å²) in [5.41, 5.74) is -0.578. The number of piperidine rings is 2. The lowest BCUT2D eigenvalue weighted by Crippen LogP contribution is -2.55. The Morgan fingerprint density at radius 3 is 1.53 bits per heavy atom. The smallest absolute Gasteiger partial charge is 0.310 e. The number of rotatable bonds is 11. The lowest BCUT2D eigenvalue weighted by Gasteiger charge is -2.51. The molecule has 0 aromatic heterocycles. The molecule has 4 rings (SSSR count). The zero-order valence-corrected chi connectivity index (χ0v) is 20.2. The van der Waals surface area contributed by atoms with Crippen LogP contribution in [0.3, 0.4) is 0 Å². The summed E-state index contributed by atoms with van der Waals surface area (Å²) in [6.45, 7) is 0. The summed E-state index contributed by atoms with van der Waals surface area (Å²) in [6.07, 6.45) is 14.9.